The maximum Gasteiger partial charge on any atom is 0.255 e. The quantitative estimate of drug-likeness (QED) is 0.732. The van der Waals surface area contributed by atoms with Crippen molar-refractivity contribution in [2.24, 2.45) is 0 Å². The van der Waals surface area contributed by atoms with Gasteiger partial charge >= 0.3 is 0 Å². The zero-order valence-corrected chi connectivity index (χ0v) is 7.83. The van der Waals surface area contributed by atoms with E-state index in [0.29, 0.717) is 0 Å². The van der Waals surface area contributed by atoms with Gasteiger partial charge in [-0.1, -0.05) is 0 Å². The number of carbonyl (C=O) groups excluding carboxylic acids is 1. The molecule has 0 unspecified atom stereocenters. The molecule has 0 aliphatic heterocycles. The summed E-state index contributed by atoms with van der Waals surface area (Å²) in [6, 6.07) is 4.99. The van der Waals surface area contributed by atoms with Crippen LogP contribution in [0.3, 0.4) is 0 Å². The molecule has 0 radical (unpaired) electrons. The first kappa shape index (κ1) is 11.0. The van der Waals surface area contributed by atoms with Crippen LogP contribution in [-0.4, -0.2) is 17.6 Å². The van der Waals surface area contributed by atoms with E-state index in [1.165, 1.54) is 6.07 Å². The summed E-state index contributed by atoms with van der Waals surface area (Å²) in [4.78, 5) is 11.3. The topological polar surface area (TPSA) is 73.1 Å². The van der Waals surface area contributed by atoms with Crippen LogP contribution in [0.15, 0.2) is 18.2 Å². The van der Waals surface area contributed by atoms with Gasteiger partial charge in [0.25, 0.3) is 5.91 Å². The van der Waals surface area contributed by atoms with E-state index in [-0.39, 0.29) is 18.5 Å². The molecule has 0 aliphatic carbocycles. The minimum Gasteiger partial charge on any atom is -0.507 e. The van der Waals surface area contributed by atoms with Gasteiger partial charge in [-0.2, -0.15) is 5.26 Å². The van der Waals surface area contributed by atoms with Crippen LogP contribution in [0, 0.1) is 17.1 Å². The van der Waals surface area contributed by atoms with Crippen molar-refractivity contribution in [3.05, 3.63) is 29.6 Å². The number of amides is 1. The second-order valence-corrected chi connectivity index (χ2v) is 2.83. The van der Waals surface area contributed by atoms with E-state index in [9.17, 15) is 14.3 Å². The fourth-order valence-corrected chi connectivity index (χ4v) is 1.02. The van der Waals surface area contributed by atoms with E-state index in [1.54, 1.807) is 0 Å². The van der Waals surface area contributed by atoms with E-state index >= 15 is 0 Å². The number of hydrogen-bond donors (Lipinski definition) is 2. The van der Waals surface area contributed by atoms with Gasteiger partial charge in [-0.15, -0.1) is 0 Å². The Morgan fingerprint density at radius 2 is 2.33 bits per heavy atom. The van der Waals surface area contributed by atoms with Gasteiger partial charge in [0, 0.05) is 12.6 Å². The molecule has 1 amide bonds. The first-order valence-electron chi connectivity index (χ1n) is 4.29. The monoisotopic (exact) mass is 208 g/mol. The zero-order chi connectivity index (χ0) is 11.3. The van der Waals surface area contributed by atoms with Crippen molar-refractivity contribution >= 4 is 5.91 Å². The fraction of sp³-hybridized carbons (Fsp3) is 0.200. The molecule has 0 fully saturated rings. The van der Waals surface area contributed by atoms with Crippen molar-refractivity contribution < 1.29 is 14.3 Å². The van der Waals surface area contributed by atoms with Gasteiger partial charge in [-0.05, 0) is 12.1 Å². The number of rotatable bonds is 3. The molecule has 1 aromatic carbocycles. The number of phenols is 1. The molecule has 0 spiro atoms. The van der Waals surface area contributed by atoms with Gasteiger partial charge in [-0.25, -0.2) is 4.39 Å². The Balaban J connectivity index is 2.70. The Labute approximate surface area is 86.0 Å². The number of aromatic hydroxyl groups is 1. The summed E-state index contributed by atoms with van der Waals surface area (Å²) in [5.74, 6) is -1.55. The number of nitriles is 1. The lowest BCUT2D eigenvalue weighted by Crippen LogP contribution is -2.24. The predicted molar refractivity (Wildman–Crippen MR) is 50.6 cm³/mol. The highest BCUT2D eigenvalue weighted by Gasteiger charge is 2.10. The third-order valence-electron chi connectivity index (χ3n) is 1.73. The van der Waals surface area contributed by atoms with E-state index in [0.717, 1.165) is 12.1 Å². The van der Waals surface area contributed by atoms with Crippen molar-refractivity contribution in [3.63, 3.8) is 0 Å². The van der Waals surface area contributed by atoms with Crippen LogP contribution in [0.1, 0.15) is 16.8 Å². The van der Waals surface area contributed by atoms with Crippen LogP contribution in [0.25, 0.3) is 0 Å². The molecule has 4 nitrogen and oxygen atoms in total. The number of nitrogens with zero attached hydrogens (tertiary/aromatic N) is 1. The molecule has 0 aliphatic rings. The van der Waals surface area contributed by atoms with E-state index in [2.05, 4.69) is 5.32 Å². The molecule has 1 aromatic rings. The number of halogens is 1. The van der Waals surface area contributed by atoms with Crippen molar-refractivity contribution in [1.82, 2.24) is 5.32 Å². The molecule has 0 atom stereocenters. The molecular weight excluding hydrogens is 199 g/mol. The van der Waals surface area contributed by atoms with Crippen molar-refractivity contribution in [1.29, 1.82) is 5.26 Å². The third kappa shape index (κ3) is 2.95. The molecule has 0 saturated heterocycles. The Bertz CT molecular complexity index is 412. The number of phenolic OH excluding ortho intramolecular Hbond substituents is 1. The third-order valence-corrected chi connectivity index (χ3v) is 1.73. The Morgan fingerprint density at radius 3 is 2.93 bits per heavy atom. The fourth-order valence-electron chi connectivity index (χ4n) is 1.02. The zero-order valence-electron chi connectivity index (χ0n) is 7.83. The summed E-state index contributed by atoms with van der Waals surface area (Å²) < 4.78 is 12.6. The summed E-state index contributed by atoms with van der Waals surface area (Å²) in [6.07, 6.45) is 0.188. The van der Waals surface area contributed by atoms with Crippen LogP contribution >= 0.6 is 0 Å². The van der Waals surface area contributed by atoms with Crippen LogP contribution in [0.2, 0.25) is 0 Å². The number of hydrogen-bond acceptors (Lipinski definition) is 3. The molecule has 0 bridgehead atoms. The maximum absolute atomic E-state index is 12.6. The highest BCUT2D eigenvalue weighted by molar-refractivity contribution is 5.96. The molecule has 15 heavy (non-hydrogen) atoms. The van der Waals surface area contributed by atoms with Gasteiger partial charge in [0.2, 0.25) is 0 Å². The minimum atomic E-state index is -0.610. The van der Waals surface area contributed by atoms with Gasteiger partial charge in [0.05, 0.1) is 18.1 Å². The van der Waals surface area contributed by atoms with Crippen molar-refractivity contribution in [2.75, 3.05) is 6.54 Å². The summed E-state index contributed by atoms with van der Waals surface area (Å²) in [6.45, 7) is 0.201. The summed E-state index contributed by atoms with van der Waals surface area (Å²) in [5, 5.41) is 19.9. The standard InChI is InChI=1S/C10H9FN2O2/c11-7-2-3-8(9(14)6-7)10(15)13-5-1-4-12/h2-3,6,14H,1,5H2,(H,13,15). The molecule has 5 heteroatoms. The average molecular weight is 208 g/mol. The molecule has 78 valence electrons. The van der Waals surface area contributed by atoms with Gasteiger partial charge in [0.15, 0.2) is 0 Å². The molecule has 2 N–H and O–H groups in total. The Morgan fingerprint density at radius 1 is 1.60 bits per heavy atom. The van der Waals surface area contributed by atoms with Gasteiger partial charge in [-0.3, -0.25) is 4.79 Å². The largest absolute Gasteiger partial charge is 0.507 e. The lowest BCUT2D eigenvalue weighted by molar-refractivity contribution is 0.0952. The Kier molecular flexibility index (Phi) is 3.63. The maximum atomic E-state index is 12.6. The van der Waals surface area contributed by atoms with Crippen LogP contribution in [-0.2, 0) is 0 Å². The van der Waals surface area contributed by atoms with Crippen molar-refractivity contribution in [3.8, 4) is 11.8 Å². The smallest absolute Gasteiger partial charge is 0.255 e. The van der Waals surface area contributed by atoms with Gasteiger partial charge < -0.3 is 10.4 Å². The van der Waals surface area contributed by atoms with Gasteiger partial charge in [0.1, 0.15) is 11.6 Å². The highest BCUT2D eigenvalue weighted by Crippen LogP contribution is 2.17. The van der Waals surface area contributed by atoms with Crippen LogP contribution in [0.5, 0.6) is 5.75 Å². The molecule has 0 heterocycles. The van der Waals surface area contributed by atoms with E-state index in [4.69, 9.17) is 5.26 Å². The average Bonchev–Trinajstić information content (AvgIpc) is 2.17. The molecule has 0 aromatic heterocycles. The Hall–Kier alpha value is -2.09. The number of carbonyl (C=O) groups is 1. The summed E-state index contributed by atoms with van der Waals surface area (Å²) >= 11 is 0. The van der Waals surface area contributed by atoms with Crippen LogP contribution < -0.4 is 5.32 Å². The van der Waals surface area contributed by atoms with Crippen LogP contribution in [0.4, 0.5) is 4.39 Å². The number of benzene rings is 1. The SMILES string of the molecule is N#CCCNC(=O)c1ccc(F)cc1O. The van der Waals surface area contributed by atoms with E-state index < -0.39 is 17.5 Å². The summed E-state index contributed by atoms with van der Waals surface area (Å²) in [5.41, 5.74) is -0.00524. The predicted octanol–water partition coefficient (Wildman–Crippen LogP) is 1.17. The van der Waals surface area contributed by atoms with E-state index in [1.807, 2.05) is 6.07 Å². The lowest BCUT2D eigenvalue weighted by Gasteiger charge is -2.04. The molecule has 1 rings (SSSR count). The second-order valence-electron chi connectivity index (χ2n) is 2.83. The molecule has 0 saturated carbocycles. The number of nitrogens with one attached hydrogen (secondary N) is 1. The second kappa shape index (κ2) is 4.96. The summed E-state index contributed by atoms with van der Waals surface area (Å²) in [7, 11) is 0. The normalized spacial score (nSPS) is 9.33. The van der Waals surface area contributed by atoms with Crippen molar-refractivity contribution in [2.45, 2.75) is 6.42 Å². The minimum absolute atomic E-state index is 0.00524. The first-order chi connectivity index (χ1) is 7.15. The lowest BCUT2D eigenvalue weighted by atomic mass is 10.2. The highest BCUT2D eigenvalue weighted by atomic mass is 19.1. The first-order valence-corrected chi connectivity index (χ1v) is 4.29. The molecular formula is C10H9FN2O2.